The van der Waals surface area contributed by atoms with E-state index in [0.29, 0.717) is 18.6 Å². The lowest BCUT2D eigenvalue weighted by Crippen LogP contribution is -2.28. The molecule has 0 aliphatic carbocycles. The Morgan fingerprint density at radius 1 is 1.47 bits per heavy atom. The molecule has 1 rings (SSSR count). The molecule has 0 radical (unpaired) electrons. The third kappa shape index (κ3) is 5.23. The SMILES string of the molecule is CC#C/C(=N\OC[C@@H]1CCC[C@H](C)O1)C(C)C. The van der Waals surface area contributed by atoms with E-state index in [1.165, 1.54) is 6.42 Å². The molecule has 3 nitrogen and oxygen atoms in total. The monoisotopic (exact) mass is 237 g/mol. The first kappa shape index (κ1) is 14.1. The smallest absolute Gasteiger partial charge is 0.143 e. The molecule has 0 aromatic heterocycles. The van der Waals surface area contributed by atoms with Gasteiger partial charge in [0.25, 0.3) is 0 Å². The lowest BCUT2D eigenvalue weighted by molar-refractivity contribution is -0.0783. The van der Waals surface area contributed by atoms with Crippen LogP contribution in [-0.2, 0) is 9.57 Å². The van der Waals surface area contributed by atoms with Crippen LogP contribution in [-0.4, -0.2) is 24.5 Å². The van der Waals surface area contributed by atoms with E-state index in [1.54, 1.807) is 0 Å². The minimum absolute atomic E-state index is 0.186. The maximum Gasteiger partial charge on any atom is 0.143 e. The molecule has 1 heterocycles. The zero-order chi connectivity index (χ0) is 12.7. The Bertz CT molecular complexity index is 312. The van der Waals surface area contributed by atoms with Gasteiger partial charge in [-0.1, -0.05) is 24.9 Å². The van der Waals surface area contributed by atoms with E-state index < -0.39 is 0 Å². The molecule has 0 spiro atoms. The van der Waals surface area contributed by atoms with Gasteiger partial charge in [0.15, 0.2) is 0 Å². The fraction of sp³-hybridized carbons (Fsp3) is 0.786. The Morgan fingerprint density at radius 3 is 2.82 bits per heavy atom. The number of hydrogen-bond acceptors (Lipinski definition) is 3. The molecule has 1 fully saturated rings. The standard InChI is InChI=1S/C14H23NO2/c1-5-7-14(11(2)3)15-16-10-13-9-6-8-12(4)17-13/h11-13H,6,8-10H2,1-4H3/b15-14+/t12-,13-/m0/s1. The second-order valence-electron chi connectivity index (χ2n) is 4.80. The topological polar surface area (TPSA) is 30.8 Å². The molecule has 0 aromatic rings. The van der Waals surface area contributed by atoms with Crippen molar-refractivity contribution in [2.75, 3.05) is 6.61 Å². The molecule has 2 atom stereocenters. The molecule has 0 unspecified atom stereocenters. The first-order valence-electron chi connectivity index (χ1n) is 6.41. The van der Waals surface area contributed by atoms with E-state index in [9.17, 15) is 0 Å². The second kappa shape index (κ2) is 7.34. The normalized spacial score (nSPS) is 25.4. The second-order valence-corrected chi connectivity index (χ2v) is 4.80. The predicted molar refractivity (Wildman–Crippen MR) is 69.9 cm³/mol. The van der Waals surface area contributed by atoms with Gasteiger partial charge in [-0.05, 0) is 39.0 Å². The molecule has 0 saturated carbocycles. The van der Waals surface area contributed by atoms with Crippen LogP contribution in [0.5, 0.6) is 0 Å². The predicted octanol–water partition coefficient (Wildman–Crippen LogP) is 3.00. The van der Waals surface area contributed by atoms with Gasteiger partial charge >= 0.3 is 0 Å². The van der Waals surface area contributed by atoms with Crippen molar-refractivity contribution in [2.45, 2.75) is 59.2 Å². The third-order valence-electron chi connectivity index (χ3n) is 2.78. The maximum atomic E-state index is 5.76. The van der Waals surface area contributed by atoms with Crippen molar-refractivity contribution in [3.8, 4) is 11.8 Å². The highest BCUT2D eigenvalue weighted by Crippen LogP contribution is 2.18. The quantitative estimate of drug-likeness (QED) is 0.427. The van der Waals surface area contributed by atoms with Crippen molar-refractivity contribution in [1.82, 2.24) is 0 Å². The maximum absolute atomic E-state index is 5.76. The van der Waals surface area contributed by atoms with Crippen LogP contribution < -0.4 is 0 Å². The van der Waals surface area contributed by atoms with Gasteiger partial charge in [0.05, 0.1) is 12.2 Å². The van der Waals surface area contributed by atoms with Gasteiger partial charge in [-0.2, -0.15) is 0 Å². The summed E-state index contributed by atoms with van der Waals surface area (Å²) in [6, 6.07) is 0. The summed E-state index contributed by atoms with van der Waals surface area (Å²) < 4.78 is 5.76. The Hall–Kier alpha value is -1.01. The summed E-state index contributed by atoms with van der Waals surface area (Å²) >= 11 is 0. The zero-order valence-corrected chi connectivity index (χ0v) is 11.3. The lowest BCUT2D eigenvalue weighted by Gasteiger charge is -2.26. The minimum Gasteiger partial charge on any atom is -0.392 e. The zero-order valence-electron chi connectivity index (χ0n) is 11.3. The molecule has 1 saturated heterocycles. The van der Waals surface area contributed by atoms with Crippen LogP contribution >= 0.6 is 0 Å². The Morgan fingerprint density at radius 2 is 2.24 bits per heavy atom. The van der Waals surface area contributed by atoms with Crippen LogP contribution in [0.4, 0.5) is 0 Å². The average Bonchev–Trinajstić information content (AvgIpc) is 2.28. The molecule has 0 bridgehead atoms. The van der Waals surface area contributed by atoms with Crippen molar-refractivity contribution in [3.63, 3.8) is 0 Å². The molecule has 0 amide bonds. The number of oxime groups is 1. The number of hydrogen-bond donors (Lipinski definition) is 0. The minimum atomic E-state index is 0.186. The first-order valence-corrected chi connectivity index (χ1v) is 6.41. The van der Waals surface area contributed by atoms with Gasteiger partial charge in [0.2, 0.25) is 0 Å². The molecule has 0 N–H and O–H groups in total. The number of ether oxygens (including phenoxy) is 1. The highest BCUT2D eigenvalue weighted by atomic mass is 16.6. The van der Waals surface area contributed by atoms with Crippen molar-refractivity contribution in [2.24, 2.45) is 11.1 Å². The molecule has 96 valence electrons. The van der Waals surface area contributed by atoms with E-state index in [-0.39, 0.29) is 6.10 Å². The Balaban J connectivity index is 2.38. The summed E-state index contributed by atoms with van der Waals surface area (Å²) in [6.45, 7) is 8.57. The molecule has 17 heavy (non-hydrogen) atoms. The summed E-state index contributed by atoms with van der Waals surface area (Å²) in [6.07, 6.45) is 3.96. The third-order valence-corrected chi connectivity index (χ3v) is 2.78. The van der Waals surface area contributed by atoms with E-state index in [0.717, 1.165) is 18.6 Å². The van der Waals surface area contributed by atoms with Crippen molar-refractivity contribution >= 4 is 5.71 Å². The Labute approximate surface area is 105 Å². The molecule has 1 aliphatic rings. The summed E-state index contributed by atoms with van der Waals surface area (Å²) in [5.41, 5.74) is 0.802. The molecular weight excluding hydrogens is 214 g/mol. The van der Waals surface area contributed by atoms with Crippen LogP contribution in [0.25, 0.3) is 0 Å². The fourth-order valence-corrected chi connectivity index (χ4v) is 1.81. The largest absolute Gasteiger partial charge is 0.392 e. The highest BCUT2D eigenvalue weighted by molar-refractivity contribution is 6.01. The first-order chi connectivity index (χ1) is 8.13. The summed E-state index contributed by atoms with van der Waals surface area (Å²) in [5, 5.41) is 4.10. The van der Waals surface area contributed by atoms with Crippen LogP contribution in [0, 0.1) is 17.8 Å². The number of rotatable bonds is 4. The van der Waals surface area contributed by atoms with Gasteiger partial charge in [0.1, 0.15) is 12.3 Å². The van der Waals surface area contributed by atoms with Crippen LogP contribution in [0.15, 0.2) is 5.16 Å². The number of nitrogens with zero attached hydrogens (tertiary/aromatic N) is 1. The van der Waals surface area contributed by atoms with Gasteiger partial charge in [-0.25, -0.2) is 0 Å². The highest BCUT2D eigenvalue weighted by Gasteiger charge is 2.19. The van der Waals surface area contributed by atoms with E-state index in [4.69, 9.17) is 9.57 Å². The van der Waals surface area contributed by atoms with Crippen molar-refractivity contribution in [3.05, 3.63) is 0 Å². The van der Waals surface area contributed by atoms with Crippen molar-refractivity contribution in [1.29, 1.82) is 0 Å². The van der Waals surface area contributed by atoms with Crippen LogP contribution in [0.3, 0.4) is 0 Å². The fourth-order valence-electron chi connectivity index (χ4n) is 1.81. The van der Waals surface area contributed by atoms with E-state index in [1.807, 2.05) is 6.92 Å². The van der Waals surface area contributed by atoms with E-state index >= 15 is 0 Å². The van der Waals surface area contributed by atoms with Gasteiger partial charge in [-0.15, -0.1) is 0 Å². The molecule has 3 heteroatoms. The summed E-state index contributed by atoms with van der Waals surface area (Å²) in [7, 11) is 0. The van der Waals surface area contributed by atoms with Crippen LogP contribution in [0.2, 0.25) is 0 Å². The van der Waals surface area contributed by atoms with Crippen molar-refractivity contribution < 1.29 is 9.57 Å². The van der Waals surface area contributed by atoms with Gasteiger partial charge < -0.3 is 9.57 Å². The molecule has 0 aromatic carbocycles. The lowest BCUT2D eigenvalue weighted by atomic mass is 10.1. The summed E-state index contributed by atoms with van der Waals surface area (Å²) in [4.78, 5) is 5.36. The molecular formula is C14H23NO2. The van der Waals surface area contributed by atoms with Gasteiger partial charge in [0, 0.05) is 5.92 Å². The van der Waals surface area contributed by atoms with Gasteiger partial charge in [-0.3, -0.25) is 0 Å². The average molecular weight is 237 g/mol. The Kier molecular flexibility index (Phi) is 6.07. The molecule has 1 aliphatic heterocycles. The van der Waals surface area contributed by atoms with E-state index in [2.05, 4.69) is 37.8 Å². The summed E-state index contributed by atoms with van der Waals surface area (Å²) in [5.74, 6) is 6.12. The van der Waals surface area contributed by atoms with Crippen LogP contribution in [0.1, 0.15) is 47.0 Å².